The van der Waals surface area contributed by atoms with Crippen molar-refractivity contribution in [3.63, 3.8) is 0 Å². The third kappa shape index (κ3) is 4.35. The molecular formula is C24H42SSi2. The van der Waals surface area contributed by atoms with Gasteiger partial charge in [-0.3, -0.25) is 0 Å². The van der Waals surface area contributed by atoms with Crippen LogP contribution in [0.25, 0.3) is 0 Å². The second kappa shape index (κ2) is 8.63. The lowest BCUT2D eigenvalue weighted by Gasteiger charge is -2.36. The largest absolute Gasteiger partial charge is 0.152 e. The summed E-state index contributed by atoms with van der Waals surface area (Å²) in [5.41, 5.74) is 10.4. The minimum absolute atomic E-state index is 1.18. The van der Waals surface area contributed by atoms with Crippen molar-refractivity contribution in [2.75, 3.05) is 11.5 Å². The molecule has 0 atom stereocenters. The van der Waals surface area contributed by atoms with Gasteiger partial charge in [0.05, 0.1) is 16.1 Å². The van der Waals surface area contributed by atoms with Gasteiger partial charge in [0.15, 0.2) is 0 Å². The Balaban J connectivity index is 3.09. The maximum atomic E-state index is 2.57. The highest BCUT2D eigenvalue weighted by molar-refractivity contribution is 8.00. The first kappa shape index (κ1) is 23.0. The molecule has 27 heavy (non-hydrogen) atoms. The molecule has 0 radical (unpaired) electrons. The number of hydrogen-bond donors (Lipinski definition) is 0. The average Bonchev–Trinajstić information content (AvgIpc) is 2.99. The molecule has 1 aliphatic heterocycles. The summed E-state index contributed by atoms with van der Waals surface area (Å²) < 4.78 is 0. The Morgan fingerprint density at radius 1 is 0.556 bits per heavy atom. The zero-order chi connectivity index (χ0) is 20.6. The molecule has 0 aromatic carbocycles. The van der Waals surface area contributed by atoms with Gasteiger partial charge in [-0.2, -0.15) is 11.8 Å². The minimum atomic E-state index is -1.44. The molecule has 2 aliphatic rings. The van der Waals surface area contributed by atoms with Gasteiger partial charge in [-0.05, 0) is 59.1 Å². The molecule has 0 saturated heterocycles. The molecule has 152 valence electrons. The lowest BCUT2D eigenvalue weighted by molar-refractivity contribution is 0.924. The van der Waals surface area contributed by atoms with Crippen LogP contribution < -0.4 is 0 Å². The molecule has 0 aromatic rings. The van der Waals surface area contributed by atoms with E-state index < -0.39 is 16.1 Å². The van der Waals surface area contributed by atoms with Crippen LogP contribution in [0.1, 0.15) is 53.4 Å². The van der Waals surface area contributed by atoms with Crippen LogP contribution in [-0.2, 0) is 0 Å². The Kier molecular flexibility index (Phi) is 7.36. The molecular weight excluding hydrogens is 377 g/mol. The van der Waals surface area contributed by atoms with Crippen LogP contribution >= 0.6 is 11.8 Å². The van der Waals surface area contributed by atoms with Crippen LogP contribution in [0.15, 0.2) is 43.8 Å². The van der Waals surface area contributed by atoms with E-state index in [2.05, 4.69) is 78.7 Å². The first-order valence-electron chi connectivity index (χ1n) is 11.0. The van der Waals surface area contributed by atoms with Crippen LogP contribution in [0.4, 0.5) is 0 Å². The SMILES string of the molecule is CCC1=C(CC)/C(CC)=C(/[Si](C)(C)C)C2=C(CSC2)/C([Si](C)(C)C)=C\1CC. The molecule has 3 heteroatoms. The van der Waals surface area contributed by atoms with E-state index in [1.807, 2.05) is 10.4 Å². The average molecular weight is 419 g/mol. The molecule has 0 unspecified atom stereocenters. The molecule has 1 heterocycles. The van der Waals surface area contributed by atoms with Gasteiger partial charge in [0.2, 0.25) is 0 Å². The van der Waals surface area contributed by atoms with Gasteiger partial charge in [0.1, 0.15) is 0 Å². The normalized spacial score (nSPS) is 27.8. The van der Waals surface area contributed by atoms with Crippen molar-refractivity contribution in [3.8, 4) is 0 Å². The van der Waals surface area contributed by atoms with Gasteiger partial charge in [-0.25, -0.2) is 0 Å². The maximum absolute atomic E-state index is 2.57. The number of rotatable bonds is 6. The van der Waals surface area contributed by atoms with E-state index in [1.54, 1.807) is 33.4 Å². The molecule has 0 nitrogen and oxygen atoms in total. The molecule has 0 amide bonds. The monoisotopic (exact) mass is 418 g/mol. The fourth-order valence-electron chi connectivity index (χ4n) is 5.35. The van der Waals surface area contributed by atoms with E-state index in [0.29, 0.717) is 0 Å². The summed E-state index contributed by atoms with van der Waals surface area (Å²) in [5.74, 6) is 2.48. The first-order valence-corrected chi connectivity index (χ1v) is 19.2. The first-order chi connectivity index (χ1) is 12.5. The van der Waals surface area contributed by atoms with E-state index in [0.717, 1.165) is 0 Å². The van der Waals surface area contributed by atoms with Crippen molar-refractivity contribution in [3.05, 3.63) is 43.8 Å². The zero-order valence-electron chi connectivity index (χ0n) is 19.7. The Hall–Kier alpha value is -0.256. The van der Waals surface area contributed by atoms with E-state index in [9.17, 15) is 0 Å². The predicted octanol–water partition coefficient (Wildman–Crippen LogP) is 8.33. The predicted molar refractivity (Wildman–Crippen MR) is 133 cm³/mol. The second-order valence-corrected chi connectivity index (χ2v) is 21.0. The summed E-state index contributed by atoms with van der Waals surface area (Å²) >= 11 is 2.16. The van der Waals surface area contributed by atoms with Crippen LogP contribution in [0.2, 0.25) is 39.3 Å². The number of thioether (sulfide) groups is 1. The van der Waals surface area contributed by atoms with Crippen molar-refractivity contribution >= 4 is 27.9 Å². The summed E-state index contributed by atoms with van der Waals surface area (Å²) in [7, 11) is -2.87. The van der Waals surface area contributed by atoms with Crippen LogP contribution in [0.3, 0.4) is 0 Å². The van der Waals surface area contributed by atoms with Gasteiger partial charge in [0, 0.05) is 11.5 Å². The van der Waals surface area contributed by atoms with Crippen molar-refractivity contribution in [2.45, 2.75) is 92.7 Å². The molecule has 0 N–H and O–H groups in total. The Morgan fingerprint density at radius 2 is 0.852 bits per heavy atom. The van der Waals surface area contributed by atoms with Gasteiger partial charge < -0.3 is 0 Å². The van der Waals surface area contributed by atoms with Gasteiger partial charge >= 0.3 is 0 Å². The Morgan fingerprint density at radius 3 is 1.07 bits per heavy atom. The van der Waals surface area contributed by atoms with Crippen molar-refractivity contribution in [1.82, 2.24) is 0 Å². The lowest BCUT2D eigenvalue weighted by Crippen LogP contribution is -2.33. The third-order valence-corrected chi connectivity index (χ3v) is 11.3. The standard InChI is InChI=1S/C24H42SSi2/c1-11-17-18(12-2)20(14-4)24(27(8,9)10)22-16-25-15-21(22)23(19(17)13-3)26(5,6)7/h11-16H2,1-10H3/b18-17-,19-17?,20-18?,23-19+,23-21?,24-20+,24-22?. The summed E-state index contributed by atoms with van der Waals surface area (Å²) in [4.78, 5) is 0. The lowest BCUT2D eigenvalue weighted by atomic mass is 9.84. The van der Waals surface area contributed by atoms with E-state index in [4.69, 9.17) is 0 Å². The molecule has 0 aromatic heterocycles. The molecule has 0 saturated carbocycles. The summed E-state index contributed by atoms with van der Waals surface area (Å²) in [6, 6.07) is 0. The second-order valence-electron chi connectivity index (χ2n) is 10.0. The summed E-state index contributed by atoms with van der Waals surface area (Å²) in [6.07, 6.45) is 4.73. The quantitative estimate of drug-likeness (QED) is 0.391. The van der Waals surface area contributed by atoms with Crippen molar-refractivity contribution in [2.24, 2.45) is 0 Å². The minimum Gasteiger partial charge on any atom is -0.152 e. The number of allylic oxidation sites excluding steroid dienone is 6. The molecule has 0 bridgehead atoms. The maximum Gasteiger partial charge on any atom is 0.0783 e. The van der Waals surface area contributed by atoms with Crippen LogP contribution in [0, 0.1) is 0 Å². The van der Waals surface area contributed by atoms with Crippen LogP contribution in [-0.4, -0.2) is 27.7 Å². The van der Waals surface area contributed by atoms with Gasteiger partial charge in [-0.15, -0.1) is 0 Å². The van der Waals surface area contributed by atoms with Gasteiger partial charge in [-0.1, -0.05) is 77.4 Å². The highest BCUT2D eigenvalue weighted by atomic mass is 32.2. The molecule has 1 aliphatic carbocycles. The van der Waals surface area contributed by atoms with Crippen molar-refractivity contribution < 1.29 is 0 Å². The molecule has 2 rings (SSSR count). The van der Waals surface area contributed by atoms with Crippen molar-refractivity contribution in [1.29, 1.82) is 0 Å². The number of hydrogen-bond acceptors (Lipinski definition) is 1. The van der Waals surface area contributed by atoms with E-state index in [1.165, 1.54) is 37.2 Å². The zero-order valence-corrected chi connectivity index (χ0v) is 22.5. The molecule has 0 spiro atoms. The fraction of sp³-hybridized carbons (Fsp3) is 0.667. The highest BCUT2D eigenvalue weighted by Crippen LogP contribution is 2.48. The third-order valence-electron chi connectivity index (χ3n) is 6.07. The van der Waals surface area contributed by atoms with Gasteiger partial charge in [0.25, 0.3) is 0 Å². The van der Waals surface area contributed by atoms with E-state index >= 15 is 0 Å². The van der Waals surface area contributed by atoms with Crippen LogP contribution in [0.5, 0.6) is 0 Å². The Labute approximate surface area is 175 Å². The smallest absolute Gasteiger partial charge is 0.0783 e. The Bertz CT molecular complexity index is 658. The summed E-state index contributed by atoms with van der Waals surface area (Å²) in [6.45, 7) is 25.0. The topological polar surface area (TPSA) is 0 Å². The van der Waals surface area contributed by atoms with E-state index in [-0.39, 0.29) is 0 Å². The fourth-order valence-corrected chi connectivity index (χ4v) is 11.5. The summed E-state index contributed by atoms with van der Waals surface area (Å²) in [5, 5.41) is 3.64. The highest BCUT2D eigenvalue weighted by Gasteiger charge is 2.37. The molecule has 0 fully saturated rings.